The zero-order chi connectivity index (χ0) is 24.7. The predicted molar refractivity (Wildman–Crippen MR) is 136 cm³/mol. The summed E-state index contributed by atoms with van der Waals surface area (Å²) in [5.74, 6) is 1.41. The van der Waals surface area contributed by atoms with E-state index < -0.39 is 0 Å². The van der Waals surface area contributed by atoms with Crippen LogP contribution < -0.4 is 26.8 Å². The maximum atomic E-state index is 13.5. The normalized spacial score (nSPS) is 41.8. The fourth-order valence-electron chi connectivity index (χ4n) is 7.40. The third kappa shape index (κ3) is 5.61. The summed E-state index contributed by atoms with van der Waals surface area (Å²) in [6.45, 7) is 5.18. The first-order valence-electron chi connectivity index (χ1n) is 14.5. The highest BCUT2D eigenvalue weighted by Crippen LogP contribution is 2.47. The number of aliphatic hydroxyl groups excluding tert-OH is 1. The Balaban J connectivity index is 1.05. The smallest absolute Gasteiger partial charge is 0.237 e. The van der Waals surface area contributed by atoms with Crippen molar-refractivity contribution in [1.82, 2.24) is 36.6 Å². The Hall–Kier alpha value is -0.850. The number of nitrogens with zero attached hydrogens (tertiary/aromatic N) is 2. The molecule has 6 rings (SSSR count). The number of carbonyl (C=O) groups is 1. The highest BCUT2D eigenvalue weighted by molar-refractivity contribution is 5.82. The second-order valence-electron chi connectivity index (χ2n) is 12.7. The number of hydrogen-bond donors (Lipinski definition) is 6. The molecule has 4 heterocycles. The fraction of sp³-hybridized carbons (Fsp3) is 0.962. The van der Waals surface area contributed by atoms with Gasteiger partial charge in [0.15, 0.2) is 0 Å². The molecule has 6 fully saturated rings. The third-order valence-corrected chi connectivity index (χ3v) is 9.85. The largest absolute Gasteiger partial charge is 0.392 e. The first-order chi connectivity index (χ1) is 17.5. The molecule has 6 unspecified atom stereocenters. The molecule has 0 aromatic carbocycles. The van der Waals surface area contributed by atoms with Crippen LogP contribution in [0.2, 0.25) is 0 Å². The average molecular weight is 506 g/mol. The predicted octanol–water partition coefficient (Wildman–Crippen LogP) is -0.486. The van der Waals surface area contributed by atoms with Gasteiger partial charge in [0.05, 0.1) is 44.4 Å². The first-order valence-corrected chi connectivity index (χ1v) is 14.5. The van der Waals surface area contributed by atoms with Crippen molar-refractivity contribution >= 4 is 5.91 Å². The Morgan fingerprint density at radius 1 is 1.14 bits per heavy atom. The summed E-state index contributed by atoms with van der Waals surface area (Å²) in [6, 6.07) is 0.402. The molecule has 36 heavy (non-hydrogen) atoms. The van der Waals surface area contributed by atoms with Gasteiger partial charge in [0, 0.05) is 37.1 Å². The van der Waals surface area contributed by atoms with Gasteiger partial charge in [-0.25, -0.2) is 10.9 Å². The zero-order valence-corrected chi connectivity index (χ0v) is 21.9. The molecule has 2 aliphatic carbocycles. The molecular formula is C26H47N7O3. The van der Waals surface area contributed by atoms with Gasteiger partial charge in [-0.05, 0) is 70.3 Å². The highest BCUT2D eigenvalue weighted by Gasteiger charge is 2.49. The summed E-state index contributed by atoms with van der Waals surface area (Å²) in [5, 5.41) is 20.9. The van der Waals surface area contributed by atoms with E-state index in [0.717, 1.165) is 71.6 Å². The van der Waals surface area contributed by atoms with Gasteiger partial charge < -0.3 is 15.2 Å². The molecule has 0 aromatic heterocycles. The molecule has 2 saturated carbocycles. The Morgan fingerprint density at radius 3 is 2.67 bits per heavy atom. The van der Waals surface area contributed by atoms with Crippen LogP contribution >= 0.6 is 0 Å². The van der Waals surface area contributed by atoms with E-state index in [-0.39, 0.29) is 41.7 Å². The van der Waals surface area contributed by atoms with Crippen molar-refractivity contribution in [1.29, 1.82) is 0 Å². The molecule has 0 bridgehead atoms. The van der Waals surface area contributed by atoms with Crippen molar-refractivity contribution in [3.05, 3.63) is 0 Å². The van der Waals surface area contributed by atoms with Crippen LogP contribution in [0.15, 0.2) is 0 Å². The third-order valence-electron chi connectivity index (χ3n) is 9.85. The molecule has 0 radical (unpaired) electrons. The monoisotopic (exact) mass is 505 g/mol. The van der Waals surface area contributed by atoms with Gasteiger partial charge in [-0.2, -0.15) is 0 Å². The topological polar surface area (TPSA) is 113 Å². The van der Waals surface area contributed by atoms with E-state index in [1.165, 1.54) is 25.7 Å². The molecule has 4 aliphatic heterocycles. The Labute approximate surface area is 215 Å². The number of ether oxygens (including phenoxy) is 1. The number of hydrogen-bond acceptors (Lipinski definition) is 9. The second kappa shape index (κ2) is 10.7. The van der Waals surface area contributed by atoms with Gasteiger partial charge in [0.1, 0.15) is 0 Å². The van der Waals surface area contributed by atoms with Crippen LogP contribution in [0.1, 0.15) is 57.8 Å². The maximum absolute atomic E-state index is 13.5. The molecule has 10 nitrogen and oxygen atoms in total. The molecule has 204 valence electrons. The Kier molecular flexibility index (Phi) is 7.58. The quantitative estimate of drug-likeness (QED) is 0.260. The van der Waals surface area contributed by atoms with Crippen LogP contribution in [0.4, 0.5) is 0 Å². The van der Waals surface area contributed by atoms with E-state index in [2.05, 4.69) is 43.6 Å². The molecule has 0 spiro atoms. The van der Waals surface area contributed by atoms with Crippen LogP contribution in [0.25, 0.3) is 0 Å². The molecule has 4 saturated heterocycles. The molecular weight excluding hydrogens is 458 g/mol. The van der Waals surface area contributed by atoms with Gasteiger partial charge in [-0.3, -0.25) is 25.2 Å². The number of likely N-dealkylation sites (tertiary alicyclic amines) is 1. The van der Waals surface area contributed by atoms with Gasteiger partial charge in [0.2, 0.25) is 5.91 Å². The lowest BCUT2D eigenvalue weighted by molar-refractivity contribution is -0.166. The van der Waals surface area contributed by atoms with Crippen molar-refractivity contribution in [2.24, 2.45) is 17.3 Å². The van der Waals surface area contributed by atoms with E-state index in [9.17, 15) is 9.90 Å². The SMILES string of the molecule is CN1CNNC1CC1(C2CCCC(NC(=O)C3CC(CN4CC[C@H](O)C4)NC(C4CC4)N3)C2)COC1. The Morgan fingerprint density at radius 2 is 2.00 bits per heavy atom. The van der Waals surface area contributed by atoms with Crippen molar-refractivity contribution in [2.75, 3.05) is 46.6 Å². The lowest BCUT2D eigenvalue weighted by Crippen LogP contribution is -2.65. The summed E-state index contributed by atoms with van der Waals surface area (Å²) in [7, 11) is 2.16. The minimum absolute atomic E-state index is 0.141. The first kappa shape index (κ1) is 25.4. The molecule has 1 amide bonds. The summed E-state index contributed by atoms with van der Waals surface area (Å²) in [6.07, 6.45) is 10.2. The number of nitrogens with one attached hydrogen (secondary N) is 5. The Bertz CT molecular complexity index is 779. The lowest BCUT2D eigenvalue weighted by Gasteiger charge is -2.51. The average Bonchev–Trinajstić information content (AvgIpc) is 3.51. The summed E-state index contributed by atoms with van der Waals surface area (Å²) in [4.78, 5) is 18.2. The van der Waals surface area contributed by atoms with Crippen molar-refractivity contribution in [3.63, 3.8) is 0 Å². The highest BCUT2D eigenvalue weighted by atomic mass is 16.5. The minimum atomic E-state index is -0.199. The van der Waals surface area contributed by atoms with Crippen molar-refractivity contribution in [2.45, 2.75) is 94.3 Å². The number of aliphatic hydroxyl groups is 1. The van der Waals surface area contributed by atoms with Gasteiger partial charge >= 0.3 is 0 Å². The van der Waals surface area contributed by atoms with E-state index in [4.69, 9.17) is 4.74 Å². The molecule has 0 aromatic rings. The standard InChI is InChI=1S/C26H47N7O3/c1-32-16-27-31-23(32)11-26(14-36-15-26)18-3-2-4-19(9-18)29-25(35)22-10-20(12-33-8-7-21(34)13-33)28-24(30-22)17-5-6-17/h17-24,27-28,30-31,34H,2-16H2,1H3,(H,29,35)/t18?,19?,20?,21-,22?,23?,24?/m0/s1. The van der Waals surface area contributed by atoms with E-state index in [1.807, 2.05) is 0 Å². The minimum Gasteiger partial charge on any atom is -0.392 e. The van der Waals surface area contributed by atoms with Crippen molar-refractivity contribution in [3.8, 4) is 0 Å². The van der Waals surface area contributed by atoms with Crippen LogP contribution in [-0.4, -0.2) is 104 Å². The molecule has 6 aliphatic rings. The van der Waals surface area contributed by atoms with Crippen LogP contribution in [0.3, 0.4) is 0 Å². The number of hydrazine groups is 1. The molecule has 7 atom stereocenters. The number of β-amino-alcohol motifs (C(OH)–C–C–N with tert-alkyl or cyclic N) is 1. The van der Waals surface area contributed by atoms with Crippen LogP contribution in [-0.2, 0) is 9.53 Å². The summed E-state index contributed by atoms with van der Waals surface area (Å²) < 4.78 is 5.77. The second-order valence-corrected chi connectivity index (χ2v) is 12.7. The van der Waals surface area contributed by atoms with Gasteiger partial charge in [0.25, 0.3) is 0 Å². The van der Waals surface area contributed by atoms with E-state index in [1.54, 1.807) is 0 Å². The van der Waals surface area contributed by atoms with E-state index >= 15 is 0 Å². The number of carbonyl (C=O) groups excluding carboxylic acids is 1. The summed E-state index contributed by atoms with van der Waals surface area (Å²) in [5.41, 5.74) is 6.91. The van der Waals surface area contributed by atoms with Gasteiger partial charge in [-0.15, -0.1) is 0 Å². The van der Waals surface area contributed by atoms with Crippen molar-refractivity contribution < 1.29 is 14.6 Å². The number of rotatable bonds is 8. The zero-order valence-electron chi connectivity index (χ0n) is 21.9. The molecule has 6 N–H and O–H groups in total. The summed E-state index contributed by atoms with van der Waals surface area (Å²) >= 11 is 0. The molecule has 10 heteroatoms. The van der Waals surface area contributed by atoms with E-state index in [0.29, 0.717) is 18.0 Å². The van der Waals surface area contributed by atoms with Gasteiger partial charge in [-0.1, -0.05) is 6.42 Å². The number of amides is 1. The van der Waals surface area contributed by atoms with Crippen LogP contribution in [0, 0.1) is 17.3 Å². The lowest BCUT2D eigenvalue weighted by atomic mass is 9.64. The maximum Gasteiger partial charge on any atom is 0.237 e. The van der Waals surface area contributed by atoms with Crippen LogP contribution in [0.5, 0.6) is 0 Å². The fourth-order valence-corrected chi connectivity index (χ4v) is 7.40.